The number of carbonyl (C=O) groups excluding carboxylic acids is 2. The first-order valence-electron chi connectivity index (χ1n) is 17.6. The molecule has 0 aliphatic heterocycles. The molecule has 0 amide bonds. The van der Waals surface area contributed by atoms with Crippen LogP contribution >= 0.6 is 0 Å². The summed E-state index contributed by atoms with van der Waals surface area (Å²) in [5, 5.41) is 6.68. The van der Waals surface area contributed by atoms with Crippen molar-refractivity contribution in [2.75, 3.05) is 13.1 Å². The minimum Gasteiger partial charge on any atom is -0.307 e. The normalized spacial score (nSPS) is 23.5. The van der Waals surface area contributed by atoms with Gasteiger partial charge in [-0.2, -0.15) is 0 Å². The number of carbonyl (C=O) groups is 2. The van der Waals surface area contributed by atoms with E-state index in [2.05, 4.69) is 151 Å². The first-order valence-corrected chi connectivity index (χ1v) is 17.6. The van der Waals surface area contributed by atoms with Crippen molar-refractivity contribution in [3.05, 3.63) is 130 Å². The second-order valence-electron chi connectivity index (χ2n) is 14.6. The fourth-order valence-corrected chi connectivity index (χ4v) is 6.52. The lowest BCUT2D eigenvalue weighted by Crippen LogP contribution is -2.44. The van der Waals surface area contributed by atoms with E-state index in [1.807, 2.05) is 27.7 Å². The monoisotopic (exact) mass is 650 g/mol. The second kappa shape index (κ2) is 18.8. The van der Waals surface area contributed by atoms with Crippen LogP contribution in [-0.2, 0) is 9.59 Å². The zero-order chi connectivity index (χ0) is 36.1. The maximum atomic E-state index is 12.8. The summed E-state index contributed by atoms with van der Waals surface area (Å²) in [4.78, 5) is 25.7. The Morgan fingerprint density at radius 1 is 0.583 bits per heavy atom. The van der Waals surface area contributed by atoms with Gasteiger partial charge in [-0.3, -0.25) is 9.59 Å². The third-order valence-electron chi connectivity index (χ3n) is 9.26. The number of ketones is 2. The lowest BCUT2D eigenvalue weighted by Gasteiger charge is -2.37. The quantitative estimate of drug-likeness (QED) is 0.184. The first-order chi connectivity index (χ1) is 22.5. The summed E-state index contributed by atoms with van der Waals surface area (Å²) >= 11 is 0. The molecule has 0 bridgehead atoms. The van der Waals surface area contributed by atoms with Crippen molar-refractivity contribution in [2.45, 2.75) is 108 Å². The first kappa shape index (κ1) is 40.6. The molecule has 2 N–H and O–H groups in total. The Morgan fingerprint density at radius 3 is 1.23 bits per heavy atom. The third-order valence-corrected chi connectivity index (χ3v) is 9.26. The molecule has 0 aromatic carbocycles. The second-order valence-corrected chi connectivity index (χ2v) is 14.6. The molecule has 0 saturated carbocycles. The molecule has 2 aliphatic rings. The lowest BCUT2D eigenvalue weighted by atomic mass is 9.70. The summed E-state index contributed by atoms with van der Waals surface area (Å²) in [5.41, 5.74) is 8.47. The number of allylic oxidation sites excluding steroid dienone is 20. The molecule has 2 rings (SSSR count). The van der Waals surface area contributed by atoms with E-state index in [9.17, 15) is 9.59 Å². The highest BCUT2D eigenvalue weighted by atomic mass is 16.1. The smallest absolute Gasteiger partial charge is 0.175 e. The van der Waals surface area contributed by atoms with Crippen LogP contribution in [0.2, 0.25) is 0 Å². The molecule has 48 heavy (non-hydrogen) atoms. The lowest BCUT2D eigenvalue weighted by molar-refractivity contribution is -0.119. The summed E-state index contributed by atoms with van der Waals surface area (Å²) in [7, 11) is 0. The highest BCUT2D eigenvalue weighted by Crippen LogP contribution is 2.41. The van der Waals surface area contributed by atoms with Crippen molar-refractivity contribution in [1.29, 1.82) is 0 Å². The summed E-state index contributed by atoms with van der Waals surface area (Å²) in [5.74, 6) is 0.432. The molecule has 4 nitrogen and oxygen atoms in total. The Morgan fingerprint density at radius 2 is 0.896 bits per heavy atom. The Bertz CT molecular complexity index is 1410. The summed E-state index contributed by atoms with van der Waals surface area (Å²) < 4.78 is 0. The highest BCUT2D eigenvalue weighted by Gasteiger charge is 2.38. The zero-order valence-corrected chi connectivity index (χ0v) is 31.9. The highest BCUT2D eigenvalue weighted by molar-refractivity contribution is 6.02. The van der Waals surface area contributed by atoms with Crippen LogP contribution in [0.25, 0.3) is 0 Å². The van der Waals surface area contributed by atoms with Gasteiger partial charge < -0.3 is 10.6 Å². The molecule has 2 unspecified atom stereocenters. The number of nitrogens with one attached hydrogen (secondary N) is 2. The molecule has 0 aromatic heterocycles. The summed E-state index contributed by atoms with van der Waals surface area (Å²) in [6.45, 7) is 26.9. The predicted octanol–water partition coefficient (Wildman–Crippen LogP) is 10.1. The molecule has 2 atom stereocenters. The van der Waals surface area contributed by atoms with Gasteiger partial charge in [-0.25, -0.2) is 0 Å². The maximum absolute atomic E-state index is 12.8. The Kier molecular flexibility index (Phi) is 15.9. The van der Waals surface area contributed by atoms with Gasteiger partial charge in [0.15, 0.2) is 11.6 Å². The van der Waals surface area contributed by atoms with E-state index in [0.29, 0.717) is 0 Å². The van der Waals surface area contributed by atoms with Crippen molar-refractivity contribution < 1.29 is 9.59 Å². The summed E-state index contributed by atoms with van der Waals surface area (Å²) in [6.07, 6.45) is 30.9. The average molecular weight is 651 g/mol. The van der Waals surface area contributed by atoms with Gasteiger partial charge >= 0.3 is 0 Å². The molecule has 0 radical (unpaired) electrons. The van der Waals surface area contributed by atoms with E-state index in [-0.39, 0.29) is 34.5 Å². The van der Waals surface area contributed by atoms with Gasteiger partial charge in [0.1, 0.15) is 0 Å². The van der Waals surface area contributed by atoms with Crippen molar-refractivity contribution in [2.24, 2.45) is 10.8 Å². The zero-order valence-electron chi connectivity index (χ0n) is 31.9. The van der Waals surface area contributed by atoms with E-state index >= 15 is 0 Å². The fraction of sp³-hybridized carbons (Fsp3) is 0.455. The number of likely N-dealkylation sites (N-methyl/N-ethyl adjacent to an activating group) is 2. The third kappa shape index (κ3) is 12.1. The molecule has 2 aliphatic carbocycles. The van der Waals surface area contributed by atoms with Crippen LogP contribution in [0.15, 0.2) is 130 Å². The van der Waals surface area contributed by atoms with Gasteiger partial charge in [0.05, 0.1) is 12.1 Å². The van der Waals surface area contributed by atoms with Crippen LogP contribution in [-0.4, -0.2) is 36.7 Å². The Hall–Kier alpha value is -3.60. The molecule has 4 heteroatoms. The van der Waals surface area contributed by atoms with Gasteiger partial charge in [0, 0.05) is 0 Å². The minimum absolute atomic E-state index is 0.0531. The van der Waals surface area contributed by atoms with Gasteiger partial charge in [-0.05, 0) is 101 Å². The fourth-order valence-electron chi connectivity index (χ4n) is 6.52. The Labute approximate surface area is 292 Å². The Balaban J connectivity index is 1.96. The van der Waals surface area contributed by atoms with Crippen molar-refractivity contribution in [1.82, 2.24) is 10.6 Å². The van der Waals surface area contributed by atoms with E-state index in [1.165, 1.54) is 0 Å². The maximum Gasteiger partial charge on any atom is 0.175 e. The van der Waals surface area contributed by atoms with Gasteiger partial charge in [-0.1, -0.05) is 149 Å². The van der Waals surface area contributed by atoms with Gasteiger partial charge in [0.2, 0.25) is 0 Å². The minimum atomic E-state index is -0.0879. The van der Waals surface area contributed by atoms with Crippen molar-refractivity contribution in [3.8, 4) is 0 Å². The number of hydrogen-bond acceptors (Lipinski definition) is 4. The van der Waals surface area contributed by atoms with Gasteiger partial charge in [-0.15, -0.1) is 0 Å². The van der Waals surface area contributed by atoms with E-state index < -0.39 is 0 Å². The molecule has 0 aromatic rings. The molecular formula is C44H62N2O2. The van der Waals surface area contributed by atoms with Crippen molar-refractivity contribution >= 4 is 11.6 Å². The SMILES string of the molecule is CCNC1CC(C)(C)C(C=CC(C)=CC=CC(C)=CC=CC=C(C)C=CC=C(C)C=CC2=C(C)C(=O)C(NCC)CC2(C)C)=C(C)C1=O. The van der Waals surface area contributed by atoms with E-state index in [0.717, 1.165) is 70.5 Å². The van der Waals surface area contributed by atoms with Crippen LogP contribution in [0.5, 0.6) is 0 Å². The topological polar surface area (TPSA) is 58.2 Å². The number of hydrogen-bond donors (Lipinski definition) is 2. The molecule has 0 fully saturated rings. The van der Waals surface area contributed by atoms with Crippen LogP contribution < -0.4 is 10.6 Å². The van der Waals surface area contributed by atoms with Crippen molar-refractivity contribution in [3.63, 3.8) is 0 Å². The standard InChI is InChI=1S/C44H62N2O2/c1-13-45-39-29-43(9,10)37(35(7)41(39)47)27-25-33(5)23-17-21-31(3)19-15-16-20-32(4)22-18-24-34(6)26-28-38-36(8)42(48)40(46-14-2)30-44(38,11)12/h15-28,39-40,45-46H,13-14,29-30H2,1-12H3. The number of rotatable bonds is 14. The largest absolute Gasteiger partial charge is 0.307 e. The van der Waals surface area contributed by atoms with Crippen LogP contribution in [0.3, 0.4) is 0 Å². The van der Waals surface area contributed by atoms with E-state index in [4.69, 9.17) is 0 Å². The molecular weight excluding hydrogens is 588 g/mol. The summed E-state index contributed by atoms with van der Waals surface area (Å²) in [6, 6.07) is -0.176. The predicted molar refractivity (Wildman–Crippen MR) is 208 cm³/mol. The van der Waals surface area contributed by atoms with Crippen LogP contribution in [0, 0.1) is 10.8 Å². The van der Waals surface area contributed by atoms with Gasteiger partial charge in [0.25, 0.3) is 0 Å². The molecule has 260 valence electrons. The van der Waals surface area contributed by atoms with Crippen LogP contribution in [0.4, 0.5) is 0 Å². The molecule has 0 saturated heterocycles. The van der Waals surface area contributed by atoms with Crippen LogP contribution in [0.1, 0.15) is 95.9 Å². The number of Topliss-reactive ketones (excluding diaryl/α,β-unsaturated/α-hetero) is 2. The van der Waals surface area contributed by atoms with E-state index in [1.54, 1.807) is 0 Å². The molecule has 0 spiro atoms. The molecule has 0 heterocycles. The average Bonchev–Trinajstić information content (AvgIpc) is 3.00.